The highest BCUT2D eigenvalue weighted by atomic mass is 32.1. The summed E-state index contributed by atoms with van der Waals surface area (Å²) < 4.78 is 0. The zero-order chi connectivity index (χ0) is 12.8. The van der Waals surface area contributed by atoms with E-state index in [1.807, 2.05) is 41.1 Å². The highest BCUT2D eigenvalue weighted by Crippen LogP contribution is 2.18. The average Bonchev–Trinajstić information content (AvgIpc) is 2.94. The van der Waals surface area contributed by atoms with Crippen molar-refractivity contribution in [3.63, 3.8) is 0 Å². The third-order valence-electron chi connectivity index (χ3n) is 2.53. The molecule has 90 valence electrons. The molecule has 0 aliphatic heterocycles. The lowest BCUT2D eigenvalue weighted by Crippen LogP contribution is -2.31. The van der Waals surface area contributed by atoms with Crippen molar-refractivity contribution in [2.75, 3.05) is 11.4 Å². The van der Waals surface area contributed by atoms with Crippen molar-refractivity contribution in [1.82, 2.24) is 0 Å². The summed E-state index contributed by atoms with van der Waals surface area (Å²) in [6, 6.07) is 13.3. The van der Waals surface area contributed by atoms with Gasteiger partial charge in [-0.2, -0.15) is 16.6 Å². The van der Waals surface area contributed by atoms with Gasteiger partial charge < -0.3 is 4.90 Å². The smallest absolute Gasteiger partial charge is 0.259 e. The Morgan fingerprint density at radius 2 is 2.06 bits per heavy atom. The van der Waals surface area contributed by atoms with Gasteiger partial charge in [0.1, 0.15) is 0 Å². The van der Waals surface area contributed by atoms with Crippen molar-refractivity contribution >= 4 is 22.9 Å². The fourth-order valence-electron chi connectivity index (χ4n) is 1.66. The lowest BCUT2D eigenvalue weighted by Gasteiger charge is -2.21. The number of benzene rings is 1. The molecule has 2 aromatic rings. The van der Waals surface area contributed by atoms with Crippen molar-refractivity contribution < 1.29 is 4.79 Å². The first-order valence-corrected chi connectivity index (χ1v) is 6.53. The van der Waals surface area contributed by atoms with E-state index in [0.29, 0.717) is 18.5 Å². The van der Waals surface area contributed by atoms with Gasteiger partial charge in [-0.3, -0.25) is 4.79 Å². The number of hydrogen-bond donors (Lipinski definition) is 0. The number of nitriles is 1. The Hall–Kier alpha value is -2.12. The Balaban J connectivity index is 2.26. The van der Waals surface area contributed by atoms with E-state index in [0.717, 1.165) is 5.69 Å². The van der Waals surface area contributed by atoms with E-state index < -0.39 is 0 Å². The topological polar surface area (TPSA) is 44.1 Å². The molecule has 2 rings (SSSR count). The van der Waals surface area contributed by atoms with Crippen molar-refractivity contribution in [2.24, 2.45) is 0 Å². The zero-order valence-corrected chi connectivity index (χ0v) is 10.6. The van der Waals surface area contributed by atoms with Gasteiger partial charge in [-0.15, -0.1) is 0 Å². The molecule has 0 bridgehead atoms. The summed E-state index contributed by atoms with van der Waals surface area (Å²) in [6.07, 6.45) is 0.324. The quantitative estimate of drug-likeness (QED) is 0.842. The van der Waals surface area contributed by atoms with Crippen LogP contribution in [-0.4, -0.2) is 12.5 Å². The number of amides is 1. The van der Waals surface area contributed by atoms with Crippen molar-refractivity contribution in [3.05, 3.63) is 52.7 Å². The molecule has 0 aliphatic rings. The number of hydrogen-bond acceptors (Lipinski definition) is 3. The molecular formula is C14H12N2OS. The SMILES string of the molecule is N#CCCN(C(=O)c1ccsc1)c1ccccc1. The first kappa shape index (κ1) is 12.3. The first-order chi connectivity index (χ1) is 8.83. The second kappa shape index (κ2) is 5.99. The molecule has 1 aromatic carbocycles. The number of rotatable bonds is 4. The van der Waals surface area contributed by atoms with Crippen LogP contribution in [0.15, 0.2) is 47.2 Å². The first-order valence-electron chi connectivity index (χ1n) is 5.59. The lowest BCUT2D eigenvalue weighted by atomic mass is 10.2. The van der Waals surface area contributed by atoms with Gasteiger partial charge in [-0.25, -0.2) is 0 Å². The highest BCUT2D eigenvalue weighted by molar-refractivity contribution is 7.08. The minimum atomic E-state index is -0.0577. The highest BCUT2D eigenvalue weighted by Gasteiger charge is 2.17. The molecule has 0 atom stereocenters. The Morgan fingerprint density at radius 1 is 1.28 bits per heavy atom. The number of thiophene rings is 1. The normalized spacial score (nSPS) is 9.72. The van der Waals surface area contributed by atoms with Gasteiger partial charge in [-0.1, -0.05) is 18.2 Å². The molecule has 0 spiro atoms. The Kier molecular flexibility index (Phi) is 4.11. The Labute approximate surface area is 110 Å². The molecule has 0 aliphatic carbocycles. The predicted octanol–water partition coefficient (Wildman–Crippen LogP) is 3.31. The minimum absolute atomic E-state index is 0.0577. The lowest BCUT2D eigenvalue weighted by molar-refractivity contribution is 0.0988. The average molecular weight is 256 g/mol. The largest absolute Gasteiger partial charge is 0.307 e. The maximum Gasteiger partial charge on any atom is 0.259 e. The van der Waals surface area contributed by atoms with Crippen LogP contribution in [0.3, 0.4) is 0 Å². The third-order valence-corrected chi connectivity index (χ3v) is 3.21. The fourth-order valence-corrected chi connectivity index (χ4v) is 2.29. The van der Waals surface area contributed by atoms with E-state index in [9.17, 15) is 4.79 Å². The van der Waals surface area contributed by atoms with Crippen molar-refractivity contribution in [3.8, 4) is 6.07 Å². The maximum atomic E-state index is 12.3. The van der Waals surface area contributed by atoms with Crippen LogP contribution in [0.5, 0.6) is 0 Å². The second-order valence-corrected chi connectivity index (χ2v) is 4.49. The van der Waals surface area contributed by atoms with E-state index in [-0.39, 0.29) is 5.91 Å². The second-order valence-electron chi connectivity index (χ2n) is 3.71. The van der Waals surface area contributed by atoms with Gasteiger partial charge in [0, 0.05) is 17.6 Å². The zero-order valence-electron chi connectivity index (χ0n) is 9.74. The molecule has 0 unspecified atom stereocenters. The summed E-state index contributed by atoms with van der Waals surface area (Å²) in [6.45, 7) is 0.412. The van der Waals surface area contributed by atoms with E-state index in [1.165, 1.54) is 11.3 Å². The van der Waals surface area contributed by atoms with Gasteiger partial charge in [-0.05, 0) is 23.6 Å². The number of nitrogens with zero attached hydrogens (tertiary/aromatic N) is 2. The van der Waals surface area contributed by atoms with Crippen molar-refractivity contribution in [2.45, 2.75) is 6.42 Å². The van der Waals surface area contributed by atoms with Crippen LogP contribution >= 0.6 is 11.3 Å². The standard InChI is InChI=1S/C14H12N2OS/c15-8-4-9-16(13-5-2-1-3-6-13)14(17)12-7-10-18-11-12/h1-3,5-7,10-11H,4,9H2. The molecule has 0 saturated carbocycles. The van der Waals surface area contributed by atoms with Crippen LogP contribution in [0.1, 0.15) is 16.8 Å². The number of anilines is 1. The molecule has 0 N–H and O–H groups in total. The molecule has 4 heteroatoms. The van der Waals surface area contributed by atoms with Crippen molar-refractivity contribution in [1.29, 1.82) is 5.26 Å². The van der Waals surface area contributed by atoms with Gasteiger partial charge in [0.25, 0.3) is 5.91 Å². The summed E-state index contributed by atoms with van der Waals surface area (Å²) >= 11 is 1.49. The summed E-state index contributed by atoms with van der Waals surface area (Å²) in [5.74, 6) is -0.0577. The van der Waals surface area contributed by atoms with Gasteiger partial charge >= 0.3 is 0 Å². The Bertz CT molecular complexity index is 543. The third kappa shape index (κ3) is 2.76. The van der Waals surface area contributed by atoms with Crippen LogP contribution < -0.4 is 4.90 Å². The predicted molar refractivity (Wildman–Crippen MR) is 72.7 cm³/mol. The molecular weight excluding hydrogens is 244 g/mol. The minimum Gasteiger partial charge on any atom is -0.307 e. The fraction of sp³-hybridized carbons (Fsp3) is 0.143. The van der Waals surface area contributed by atoms with E-state index in [2.05, 4.69) is 6.07 Å². The van der Waals surface area contributed by atoms with E-state index >= 15 is 0 Å². The monoisotopic (exact) mass is 256 g/mol. The van der Waals surface area contributed by atoms with Crippen LogP contribution in [-0.2, 0) is 0 Å². The summed E-state index contributed by atoms with van der Waals surface area (Å²) in [5, 5.41) is 12.4. The maximum absolute atomic E-state index is 12.3. The van der Waals surface area contributed by atoms with E-state index in [1.54, 1.807) is 11.0 Å². The van der Waals surface area contributed by atoms with Gasteiger partial charge in [0.2, 0.25) is 0 Å². The van der Waals surface area contributed by atoms with Crippen LogP contribution in [0.25, 0.3) is 0 Å². The molecule has 0 fully saturated rings. The molecule has 18 heavy (non-hydrogen) atoms. The van der Waals surface area contributed by atoms with Crippen LogP contribution in [0.2, 0.25) is 0 Å². The van der Waals surface area contributed by atoms with Gasteiger partial charge in [0.15, 0.2) is 0 Å². The molecule has 0 saturated heterocycles. The molecule has 3 nitrogen and oxygen atoms in total. The molecule has 1 aromatic heterocycles. The van der Waals surface area contributed by atoms with E-state index in [4.69, 9.17) is 5.26 Å². The Morgan fingerprint density at radius 3 is 2.67 bits per heavy atom. The summed E-state index contributed by atoms with van der Waals surface area (Å²) in [5.41, 5.74) is 1.49. The number of carbonyl (C=O) groups excluding carboxylic acids is 1. The number of para-hydroxylation sites is 1. The number of carbonyl (C=O) groups is 1. The van der Waals surface area contributed by atoms with Gasteiger partial charge in [0.05, 0.1) is 18.1 Å². The molecule has 1 amide bonds. The van der Waals surface area contributed by atoms with Crippen LogP contribution in [0, 0.1) is 11.3 Å². The molecule has 0 radical (unpaired) electrons. The van der Waals surface area contributed by atoms with Crippen LogP contribution in [0.4, 0.5) is 5.69 Å². The molecule has 1 heterocycles. The summed E-state index contributed by atoms with van der Waals surface area (Å²) in [4.78, 5) is 14.0. The summed E-state index contributed by atoms with van der Waals surface area (Å²) in [7, 11) is 0.